The van der Waals surface area contributed by atoms with Gasteiger partial charge in [0.05, 0.1) is 0 Å². The van der Waals surface area contributed by atoms with E-state index in [0.29, 0.717) is 17.7 Å². The number of nitrogens with zero attached hydrogens (tertiary/aromatic N) is 2. The summed E-state index contributed by atoms with van der Waals surface area (Å²) in [5, 5.41) is 16.9. The summed E-state index contributed by atoms with van der Waals surface area (Å²) in [4.78, 5) is 29.3. The number of nitrogens with two attached hydrogens (primary N) is 2. The maximum absolute atomic E-state index is 12.2. The average molecular weight is 463 g/mol. The summed E-state index contributed by atoms with van der Waals surface area (Å²) in [5.41, 5.74) is 9.58. The SMILES string of the molecule is N=C(/C=C\C(=N)C(F)(F)F)Oc1ccc(-c2nc(N)cc(C(N)=O)n2)cc1.O=C1CCCN1. The van der Waals surface area contributed by atoms with Crippen LogP contribution in [0.2, 0.25) is 0 Å². The van der Waals surface area contributed by atoms with Gasteiger partial charge in [-0.1, -0.05) is 0 Å². The number of nitrogens with one attached hydrogen (secondary N) is 3. The van der Waals surface area contributed by atoms with E-state index in [1.807, 2.05) is 0 Å². The van der Waals surface area contributed by atoms with Gasteiger partial charge >= 0.3 is 6.18 Å². The van der Waals surface area contributed by atoms with E-state index in [1.165, 1.54) is 30.3 Å². The predicted octanol–water partition coefficient (Wildman–Crippen LogP) is 2.22. The first-order valence-corrected chi connectivity index (χ1v) is 9.37. The number of rotatable bonds is 5. The van der Waals surface area contributed by atoms with Crippen molar-refractivity contribution in [2.75, 3.05) is 12.3 Å². The van der Waals surface area contributed by atoms with E-state index in [2.05, 4.69) is 15.3 Å². The standard InChI is InChI=1S/C16H13F3N6O2.C4H7NO/c17-16(18,19)11(20)5-6-13(22)27-9-3-1-8(2-4-9)15-24-10(14(23)26)7-12(21)25-15;6-4-2-1-3-5-4/h1-7,20,22H,(H2,23,26)(H2,21,24,25);1-3H2,(H,5,6)/b6-5-,20-11?,22-13?;. The first kappa shape index (κ1) is 25.0. The highest BCUT2D eigenvalue weighted by Gasteiger charge is 2.32. The van der Waals surface area contributed by atoms with Crippen LogP contribution >= 0.6 is 0 Å². The molecule has 1 aliphatic heterocycles. The number of nitrogen functional groups attached to an aromatic ring is 1. The molecule has 0 aliphatic carbocycles. The minimum absolute atomic E-state index is 0.0492. The van der Waals surface area contributed by atoms with Crippen LogP contribution in [0.3, 0.4) is 0 Å². The van der Waals surface area contributed by atoms with Crippen molar-refractivity contribution in [1.29, 1.82) is 10.8 Å². The Morgan fingerprint density at radius 2 is 1.82 bits per heavy atom. The van der Waals surface area contributed by atoms with E-state index in [-0.39, 0.29) is 29.0 Å². The predicted molar refractivity (Wildman–Crippen MR) is 114 cm³/mol. The highest BCUT2D eigenvalue weighted by atomic mass is 19.4. The number of aromatic nitrogens is 2. The van der Waals surface area contributed by atoms with Gasteiger partial charge in [0.1, 0.15) is 23.0 Å². The molecule has 0 bridgehead atoms. The van der Waals surface area contributed by atoms with Gasteiger partial charge in [-0.15, -0.1) is 0 Å². The minimum atomic E-state index is -4.79. The molecule has 0 atom stereocenters. The normalized spacial score (nSPS) is 13.1. The van der Waals surface area contributed by atoms with Crippen molar-refractivity contribution in [2.45, 2.75) is 19.0 Å². The molecule has 13 heteroatoms. The molecule has 1 aromatic heterocycles. The largest absolute Gasteiger partial charge is 0.440 e. The van der Waals surface area contributed by atoms with Crippen molar-refractivity contribution in [3.63, 3.8) is 0 Å². The Bertz CT molecular complexity index is 1080. The number of halogens is 3. The van der Waals surface area contributed by atoms with Crippen molar-refractivity contribution < 1.29 is 27.5 Å². The molecule has 0 saturated carbocycles. The zero-order valence-electron chi connectivity index (χ0n) is 17.1. The number of allylic oxidation sites excluding steroid dienone is 1. The molecule has 1 saturated heterocycles. The van der Waals surface area contributed by atoms with Crippen molar-refractivity contribution in [3.8, 4) is 17.1 Å². The van der Waals surface area contributed by atoms with Crippen LogP contribution in [0.5, 0.6) is 5.75 Å². The number of hydrogen-bond acceptors (Lipinski definition) is 8. The van der Waals surface area contributed by atoms with Gasteiger partial charge in [0.15, 0.2) is 5.82 Å². The summed E-state index contributed by atoms with van der Waals surface area (Å²) in [6.07, 6.45) is -1.90. The Morgan fingerprint density at radius 1 is 1.15 bits per heavy atom. The van der Waals surface area contributed by atoms with Crippen LogP contribution < -0.4 is 21.5 Å². The number of alkyl halides is 3. The molecule has 0 radical (unpaired) electrons. The molecule has 1 aromatic carbocycles. The molecule has 33 heavy (non-hydrogen) atoms. The van der Waals surface area contributed by atoms with Gasteiger partial charge in [-0.2, -0.15) is 13.2 Å². The molecule has 174 valence electrons. The van der Waals surface area contributed by atoms with E-state index in [0.717, 1.165) is 19.4 Å². The Labute approximate surface area is 185 Å². The van der Waals surface area contributed by atoms with E-state index >= 15 is 0 Å². The van der Waals surface area contributed by atoms with E-state index in [9.17, 15) is 22.8 Å². The lowest BCUT2D eigenvalue weighted by molar-refractivity contribution is -0.119. The Kier molecular flexibility index (Phi) is 8.20. The molecule has 0 spiro atoms. The number of hydrogen-bond donors (Lipinski definition) is 5. The summed E-state index contributed by atoms with van der Waals surface area (Å²) >= 11 is 0. The third-order valence-corrected chi connectivity index (χ3v) is 3.95. The minimum Gasteiger partial charge on any atom is -0.440 e. The second-order valence-electron chi connectivity index (χ2n) is 6.55. The molecule has 2 aromatic rings. The molecule has 0 unspecified atom stereocenters. The van der Waals surface area contributed by atoms with Crippen LogP contribution in [0.25, 0.3) is 11.4 Å². The molecular weight excluding hydrogens is 443 g/mol. The van der Waals surface area contributed by atoms with Crippen LogP contribution in [-0.4, -0.2) is 46.1 Å². The van der Waals surface area contributed by atoms with Gasteiger partial charge in [-0.05, 0) is 36.8 Å². The summed E-state index contributed by atoms with van der Waals surface area (Å²) in [6, 6.07) is 7.08. The maximum Gasteiger partial charge on any atom is 0.432 e. The maximum atomic E-state index is 12.2. The lowest BCUT2D eigenvalue weighted by Crippen LogP contribution is -2.19. The summed E-state index contributed by atoms with van der Waals surface area (Å²) in [6.45, 7) is 0.888. The molecule has 2 amide bonds. The van der Waals surface area contributed by atoms with Crippen LogP contribution in [0.15, 0.2) is 42.5 Å². The molecule has 10 nitrogen and oxygen atoms in total. The molecule has 2 heterocycles. The number of benzene rings is 1. The lowest BCUT2D eigenvalue weighted by atomic mass is 10.2. The Hall–Kier alpha value is -4.29. The van der Waals surface area contributed by atoms with E-state index in [1.54, 1.807) is 0 Å². The van der Waals surface area contributed by atoms with E-state index in [4.69, 9.17) is 27.0 Å². The fraction of sp³-hybridized carbons (Fsp3) is 0.200. The zero-order valence-corrected chi connectivity index (χ0v) is 17.1. The van der Waals surface area contributed by atoms with Gasteiger partial charge < -0.3 is 21.5 Å². The van der Waals surface area contributed by atoms with Crippen LogP contribution in [-0.2, 0) is 4.79 Å². The second-order valence-corrected chi connectivity index (χ2v) is 6.55. The molecule has 1 aliphatic rings. The van der Waals surface area contributed by atoms with Gasteiger partial charge in [0.2, 0.25) is 11.8 Å². The average Bonchev–Trinajstić information content (AvgIpc) is 3.22. The lowest BCUT2D eigenvalue weighted by Gasteiger charge is -2.07. The summed E-state index contributed by atoms with van der Waals surface area (Å²) < 4.78 is 41.7. The number of carbonyl (C=O) groups is 2. The van der Waals surface area contributed by atoms with Crippen LogP contribution in [0.1, 0.15) is 23.3 Å². The van der Waals surface area contributed by atoms with Gasteiger partial charge in [-0.3, -0.25) is 20.4 Å². The smallest absolute Gasteiger partial charge is 0.432 e. The monoisotopic (exact) mass is 463 g/mol. The highest BCUT2D eigenvalue weighted by Crippen LogP contribution is 2.21. The van der Waals surface area contributed by atoms with Gasteiger partial charge in [0, 0.05) is 30.7 Å². The quantitative estimate of drug-likeness (QED) is 0.335. The summed E-state index contributed by atoms with van der Waals surface area (Å²) in [7, 11) is 0. The molecule has 7 N–H and O–H groups in total. The second kappa shape index (κ2) is 10.8. The number of carbonyl (C=O) groups excluding carboxylic acids is 2. The first-order chi connectivity index (χ1) is 15.5. The van der Waals surface area contributed by atoms with Crippen molar-refractivity contribution in [1.82, 2.24) is 15.3 Å². The van der Waals surface area contributed by atoms with E-state index < -0.39 is 23.7 Å². The Morgan fingerprint density at radius 3 is 2.30 bits per heavy atom. The van der Waals surface area contributed by atoms with Crippen molar-refractivity contribution in [3.05, 3.63) is 48.2 Å². The van der Waals surface area contributed by atoms with Gasteiger partial charge in [-0.25, -0.2) is 9.97 Å². The number of primary amides is 1. The first-order valence-electron chi connectivity index (χ1n) is 9.37. The number of anilines is 1. The Balaban J connectivity index is 0.000000554. The highest BCUT2D eigenvalue weighted by molar-refractivity contribution is 6.01. The molecular formula is C20H20F3N7O3. The zero-order chi connectivity index (χ0) is 24.6. The third kappa shape index (κ3) is 8.05. The van der Waals surface area contributed by atoms with Crippen LogP contribution in [0, 0.1) is 10.8 Å². The fourth-order valence-electron chi connectivity index (χ4n) is 2.37. The number of ether oxygens (including phenoxy) is 1. The van der Waals surface area contributed by atoms with Crippen molar-refractivity contribution >= 4 is 29.2 Å². The molecule has 3 rings (SSSR count). The fourth-order valence-corrected chi connectivity index (χ4v) is 2.37. The number of amides is 2. The molecule has 1 fully saturated rings. The van der Waals surface area contributed by atoms with Crippen LogP contribution in [0.4, 0.5) is 19.0 Å². The van der Waals surface area contributed by atoms with Gasteiger partial charge in [0.25, 0.3) is 5.91 Å². The third-order valence-electron chi connectivity index (χ3n) is 3.95. The summed E-state index contributed by atoms with van der Waals surface area (Å²) in [5.74, 6) is -0.805. The van der Waals surface area contributed by atoms with Crippen molar-refractivity contribution in [2.24, 2.45) is 5.73 Å². The topological polar surface area (TPSA) is 181 Å².